The summed E-state index contributed by atoms with van der Waals surface area (Å²) in [6.45, 7) is 4.77. The van der Waals surface area contributed by atoms with E-state index in [-0.39, 0.29) is 18.3 Å². The van der Waals surface area contributed by atoms with Gasteiger partial charge in [0.25, 0.3) is 0 Å². The van der Waals surface area contributed by atoms with Crippen LogP contribution in [0.1, 0.15) is 11.1 Å². The quantitative estimate of drug-likeness (QED) is 0.723. The number of amides is 2. The number of aryl methyl sites for hydroxylation is 1. The number of carbonyl (C=O) groups is 1. The molecule has 3 rings (SSSR count). The third kappa shape index (κ3) is 6.20. The van der Waals surface area contributed by atoms with Gasteiger partial charge in [0.15, 0.2) is 0 Å². The Bertz CT molecular complexity index is 911. The predicted molar refractivity (Wildman–Crippen MR) is 115 cm³/mol. The first kappa shape index (κ1) is 21.1. The maximum Gasteiger partial charge on any atom is 0.315 e. The zero-order valence-electron chi connectivity index (χ0n) is 16.7. The highest BCUT2D eigenvalue weighted by atomic mass is 32.2. The molecule has 2 aromatic carbocycles. The van der Waals surface area contributed by atoms with Gasteiger partial charge in [-0.3, -0.25) is 0 Å². The molecule has 1 aliphatic rings. The van der Waals surface area contributed by atoms with Crippen molar-refractivity contribution >= 4 is 21.7 Å². The minimum Gasteiger partial charge on any atom is -0.369 e. The molecule has 1 heterocycles. The summed E-state index contributed by atoms with van der Waals surface area (Å²) in [6, 6.07) is 17.4. The van der Waals surface area contributed by atoms with Crippen LogP contribution in [0.2, 0.25) is 0 Å². The van der Waals surface area contributed by atoms with E-state index in [1.807, 2.05) is 49.4 Å². The lowest BCUT2D eigenvalue weighted by Gasteiger charge is -2.35. The van der Waals surface area contributed by atoms with Crippen LogP contribution in [0, 0.1) is 6.92 Å². The molecule has 1 fully saturated rings. The van der Waals surface area contributed by atoms with Gasteiger partial charge in [-0.15, -0.1) is 0 Å². The molecule has 0 aliphatic carbocycles. The Kier molecular flexibility index (Phi) is 7.11. The SMILES string of the molecule is Cc1cccc(N2CCN(S(=O)(=O)CCNC(=O)NCc3ccccc3)CC2)c1. The molecular weight excluding hydrogens is 388 g/mol. The molecule has 1 aliphatic heterocycles. The third-order valence-electron chi connectivity index (χ3n) is 4.94. The number of anilines is 1. The van der Waals surface area contributed by atoms with Gasteiger partial charge in [0.2, 0.25) is 10.0 Å². The van der Waals surface area contributed by atoms with Crippen molar-refractivity contribution in [1.82, 2.24) is 14.9 Å². The summed E-state index contributed by atoms with van der Waals surface area (Å²) in [6.07, 6.45) is 0. The maximum atomic E-state index is 12.6. The molecule has 0 aromatic heterocycles. The highest BCUT2D eigenvalue weighted by Gasteiger charge is 2.26. The van der Waals surface area contributed by atoms with Crippen LogP contribution >= 0.6 is 0 Å². The number of carbonyl (C=O) groups excluding carboxylic acids is 1. The molecule has 2 amide bonds. The minimum absolute atomic E-state index is 0.0844. The lowest BCUT2D eigenvalue weighted by Crippen LogP contribution is -2.50. The van der Waals surface area contributed by atoms with E-state index < -0.39 is 10.0 Å². The number of sulfonamides is 1. The lowest BCUT2D eigenvalue weighted by molar-refractivity contribution is 0.241. The largest absolute Gasteiger partial charge is 0.369 e. The fourth-order valence-corrected chi connectivity index (χ4v) is 4.65. The molecule has 29 heavy (non-hydrogen) atoms. The second-order valence-electron chi connectivity index (χ2n) is 7.14. The van der Waals surface area contributed by atoms with Crippen molar-refractivity contribution in [1.29, 1.82) is 0 Å². The highest BCUT2D eigenvalue weighted by Crippen LogP contribution is 2.18. The number of hydrogen-bond donors (Lipinski definition) is 2. The summed E-state index contributed by atoms with van der Waals surface area (Å²) < 4.78 is 26.7. The second-order valence-corrected chi connectivity index (χ2v) is 9.22. The minimum atomic E-state index is -3.40. The van der Waals surface area contributed by atoms with E-state index in [2.05, 4.69) is 27.7 Å². The zero-order valence-corrected chi connectivity index (χ0v) is 17.5. The Morgan fingerprint density at radius 1 is 0.966 bits per heavy atom. The fraction of sp³-hybridized carbons (Fsp3) is 0.381. The summed E-state index contributed by atoms with van der Waals surface area (Å²) in [4.78, 5) is 14.1. The normalized spacial score (nSPS) is 15.1. The lowest BCUT2D eigenvalue weighted by atomic mass is 10.2. The average Bonchev–Trinajstić information content (AvgIpc) is 2.73. The maximum absolute atomic E-state index is 12.6. The molecule has 2 N–H and O–H groups in total. The van der Waals surface area contributed by atoms with E-state index in [1.165, 1.54) is 9.87 Å². The molecule has 0 bridgehead atoms. The molecule has 0 radical (unpaired) electrons. The number of hydrogen-bond acceptors (Lipinski definition) is 4. The van der Waals surface area contributed by atoms with E-state index >= 15 is 0 Å². The second kappa shape index (κ2) is 9.76. The van der Waals surface area contributed by atoms with E-state index in [9.17, 15) is 13.2 Å². The first-order chi connectivity index (χ1) is 13.9. The van der Waals surface area contributed by atoms with Gasteiger partial charge in [0.1, 0.15) is 0 Å². The van der Waals surface area contributed by atoms with Gasteiger partial charge in [-0.25, -0.2) is 13.2 Å². The first-order valence-corrected chi connectivity index (χ1v) is 11.4. The smallest absolute Gasteiger partial charge is 0.315 e. The molecule has 0 atom stereocenters. The highest BCUT2D eigenvalue weighted by molar-refractivity contribution is 7.89. The van der Waals surface area contributed by atoms with Gasteiger partial charge in [0, 0.05) is 45.0 Å². The van der Waals surface area contributed by atoms with Crippen molar-refractivity contribution in [3.63, 3.8) is 0 Å². The molecule has 1 saturated heterocycles. The van der Waals surface area contributed by atoms with Crippen LogP contribution in [-0.4, -0.2) is 57.2 Å². The summed E-state index contributed by atoms with van der Waals surface area (Å²) in [5.41, 5.74) is 3.30. The Balaban J connectivity index is 1.40. The third-order valence-corrected chi connectivity index (χ3v) is 6.81. The van der Waals surface area contributed by atoms with Gasteiger partial charge in [-0.2, -0.15) is 4.31 Å². The van der Waals surface area contributed by atoms with Crippen LogP contribution in [0.5, 0.6) is 0 Å². The number of nitrogens with zero attached hydrogens (tertiary/aromatic N) is 2. The van der Waals surface area contributed by atoms with E-state index in [0.29, 0.717) is 32.7 Å². The number of nitrogens with one attached hydrogen (secondary N) is 2. The summed E-state index contributed by atoms with van der Waals surface area (Å²) in [5, 5.41) is 5.35. The monoisotopic (exact) mass is 416 g/mol. The number of benzene rings is 2. The molecule has 0 saturated carbocycles. The molecule has 8 heteroatoms. The Morgan fingerprint density at radius 2 is 1.69 bits per heavy atom. The van der Waals surface area contributed by atoms with Gasteiger partial charge >= 0.3 is 6.03 Å². The molecular formula is C21H28N4O3S. The van der Waals surface area contributed by atoms with Gasteiger partial charge in [-0.1, -0.05) is 42.5 Å². The van der Waals surface area contributed by atoms with Gasteiger partial charge < -0.3 is 15.5 Å². The molecule has 0 unspecified atom stereocenters. The molecule has 0 spiro atoms. The Hall–Kier alpha value is -2.58. The van der Waals surface area contributed by atoms with Gasteiger partial charge in [0.05, 0.1) is 5.75 Å². The van der Waals surface area contributed by atoms with Crippen molar-refractivity contribution < 1.29 is 13.2 Å². The number of rotatable bonds is 7. The molecule has 156 valence electrons. The summed E-state index contributed by atoms with van der Waals surface area (Å²) in [7, 11) is -3.40. The van der Waals surface area contributed by atoms with E-state index in [0.717, 1.165) is 11.3 Å². The van der Waals surface area contributed by atoms with Crippen LogP contribution in [0.3, 0.4) is 0 Å². The Labute approximate surface area is 172 Å². The van der Waals surface area contributed by atoms with Crippen molar-refractivity contribution in [2.24, 2.45) is 0 Å². The summed E-state index contributed by atoms with van der Waals surface area (Å²) >= 11 is 0. The molecule has 7 nitrogen and oxygen atoms in total. The first-order valence-electron chi connectivity index (χ1n) is 9.79. The van der Waals surface area contributed by atoms with Gasteiger partial charge in [-0.05, 0) is 30.2 Å². The van der Waals surface area contributed by atoms with Crippen LogP contribution in [-0.2, 0) is 16.6 Å². The van der Waals surface area contributed by atoms with E-state index in [1.54, 1.807) is 0 Å². The summed E-state index contributed by atoms with van der Waals surface area (Å²) in [5.74, 6) is -0.101. The number of piperazine rings is 1. The Morgan fingerprint density at radius 3 is 2.38 bits per heavy atom. The van der Waals surface area contributed by atoms with Crippen molar-refractivity contribution in [3.8, 4) is 0 Å². The van der Waals surface area contributed by atoms with Crippen molar-refractivity contribution in [3.05, 3.63) is 65.7 Å². The van der Waals surface area contributed by atoms with Crippen LogP contribution in [0.15, 0.2) is 54.6 Å². The average molecular weight is 417 g/mol. The van der Waals surface area contributed by atoms with Crippen molar-refractivity contribution in [2.45, 2.75) is 13.5 Å². The zero-order chi connectivity index (χ0) is 20.7. The fourth-order valence-electron chi connectivity index (χ4n) is 3.31. The topological polar surface area (TPSA) is 81.8 Å². The predicted octanol–water partition coefficient (Wildman–Crippen LogP) is 1.95. The van der Waals surface area contributed by atoms with Crippen LogP contribution in [0.25, 0.3) is 0 Å². The van der Waals surface area contributed by atoms with Crippen LogP contribution < -0.4 is 15.5 Å². The molecule has 2 aromatic rings. The number of urea groups is 1. The van der Waals surface area contributed by atoms with Crippen molar-refractivity contribution in [2.75, 3.05) is 43.4 Å². The van der Waals surface area contributed by atoms with E-state index in [4.69, 9.17) is 0 Å². The van der Waals surface area contributed by atoms with Crippen LogP contribution in [0.4, 0.5) is 10.5 Å². The standard InChI is InChI=1S/C21H28N4O3S/c1-18-6-5-9-20(16-18)24-11-13-25(14-12-24)29(27,28)15-10-22-21(26)23-17-19-7-3-2-4-8-19/h2-9,16H,10-15,17H2,1H3,(H2,22,23,26).